The van der Waals surface area contributed by atoms with Gasteiger partial charge >= 0.3 is 0 Å². The minimum atomic E-state index is -0.511. The van der Waals surface area contributed by atoms with Crippen molar-refractivity contribution in [1.29, 1.82) is 0 Å². The number of H-pyrrole nitrogens is 1. The number of amides is 1. The van der Waals surface area contributed by atoms with Crippen LogP contribution in [0.3, 0.4) is 0 Å². The zero-order valence-electron chi connectivity index (χ0n) is 13.9. The average molecular weight is 324 g/mol. The molecule has 0 atom stereocenters. The van der Waals surface area contributed by atoms with Gasteiger partial charge in [-0.1, -0.05) is 17.7 Å². The van der Waals surface area contributed by atoms with Gasteiger partial charge in [0.25, 0.3) is 5.91 Å². The fourth-order valence-corrected chi connectivity index (χ4v) is 2.47. The summed E-state index contributed by atoms with van der Waals surface area (Å²) >= 11 is 0. The Balaban J connectivity index is 2.04. The second kappa shape index (κ2) is 6.28. The molecule has 0 saturated heterocycles. The minimum Gasteiger partial charge on any atom is -0.489 e. The number of carbonyl (C=O) groups is 1. The first-order valence-electron chi connectivity index (χ1n) is 7.80. The summed E-state index contributed by atoms with van der Waals surface area (Å²) in [7, 11) is 0. The van der Waals surface area contributed by atoms with Crippen LogP contribution in [0, 0.1) is 6.92 Å². The van der Waals surface area contributed by atoms with Crippen LogP contribution in [0.5, 0.6) is 17.2 Å². The molecule has 0 fully saturated rings. The molecule has 0 bridgehead atoms. The summed E-state index contributed by atoms with van der Waals surface area (Å²) in [5, 5.41) is 0.809. The molecular weight excluding hydrogens is 304 g/mol. The molecule has 3 N–H and O–H groups in total. The number of benzene rings is 2. The van der Waals surface area contributed by atoms with Crippen molar-refractivity contribution in [3.63, 3.8) is 0 Å². The lowest BCUT2D eigenvalue weighted by Gasteiger charge is -2.13. The molecule has 1 amide bonds. The lowest BCUT2D eigenvalue weighted by atomic mass is 10.2. The summed E-state index contributed by atoms with van der Waals surface area (Å²) in [6.45, 7) is 5.91. The molecule has 3 rings (SSSR count). The van der Waals surface area contributed by atoms with E-state index < -0.39 is 5.91 Å². The van der Waals surface area contributed by atoms with Crippen molar-refractivity contribution >= 4 is 16.8 Å². The van der Waals surface area contributed by atoms with Crippen LogP contribution in [0.25, 0.3) is 10.9 Å². The van der Waals surface area contributed by atoms with Crippen LogP contribution in [0.15, 0.2) is 42.5 Å². The van der Waals surface area contributed by atoms with Gasteiger partial charge < -0.3 is 20.2 Å². The first-order chi connectivity index (χ1) is 11.4. The van der Waals surface area contributed by atoms with E-state index in [-0.39, 0.29) is 6.10 Å². The second-order valence-corrected chi connectivity index (χ2v) is 6.01. The van der Waals surface area contributed by atoms with Crippen molar-refractivity contribution < 1.29 is 14.3 Å². The van der Waals surface area contributed by atoms with Crippen molar-refractivity contribution in [1.82, 2.24) is 4.98 Å². The summed E-state index contributed by atoms with van der Waals surface area (Å²) in [5.74, 6) is 1.48. The molecular formula is C19H20N2O3. The summed E-state index contributed by atoms with van der Waals surface area (Å²) in [4.78, 5) is 14.4. The van der Waals surface area contributed by atoms with E-state index in [0.29, 0.717) is 17.2 Å². The number of hydrogen-bond donors (Lipinski definition) is 2. The maximum atomic E-state index is 11.4. The predicted molar refractivity (Wildman–Crippen MR) is 93.8 cm³/mol. The molecule has 0 aliphatic rings. The van der Waals surface area contributed by atoms with Gasteiger partial charge in [0, 0.05) is 11.5 Å². The van der Waals surface area contributed by atoms with Crippen LogP contribution in [-0.2, 0) is 0 Å². The van der Waals surface area contributed by atoms with E-state index in [2.05, 4.69) is 4.98 Å². The third-order valence-electron chi connectivity index (χ3n) is 3.55. The standard InChI is InChI=1S/C19H20N2O3/c1-11(2)23-17-10-15(24-14-6-4-12(3)5-7-14)8-13-9-16(19(20)22)21-18(13)17/h4-11,21H,1-3H3,(H2,20,22). The zero-order chi connectivity index (χ0) is 17.3. The Morgan fingerprint density at radius 1 is 1.08 bits per heavy atom. The van der Waals surface area contributed by atoms with Crippen molar-refractivity contribution in [2.24, 2.45) is 5.73 Å². The van der Waals surface area contributed by atoms with E-state index in [0.717, 1.165) is 16.7 Å². The van der Waals surface area contributed by atoms with E-state index in [1.165, 1.54) is 5.56 Å². The largest absolute Gasteiger partial charge is 0.489 e. The van der Waals surface area contributed by atoms with Gasteiger partial charge in [-0.15, -0.1) is 0 Å². The van der Waals surface area contributed by atoms with Crippen molar-refractivity contribution in [3.8, 4) is 17.2 Å². The molecule has 0 spiro atoms. The fraction of sp³-hybridized carbons (Fsp3) is 0.211. The van der Waals surface area contributed by atoms with Crippen LogP contribution in [-0.4, -0.2) is 17.0 Å². The quantitative estimate of drug-likeness (QED) is 0.740. The molecule has 1 aromatic heterocycles. The Morgan fingerprint density at radius 2 is 1.79 bits per heavy atom. The number of aromatic amines is 1. The Hall–Kier alpha value is -2.95. The van der Waals surface area contributed by atoms with Crippen molar-refractivity contribution in [3.05, 3.63) is 53.7 Å². The second-order valence-electron chi connectivity index (χ2n) is 6.01. The number of primary amides is 1. The van der Waals surface area contributed by atoms with Crippen molar-refractivity contribution in [2.75, 3.05) is 0 Å². The Kier molecular flexibility index (Phi) is 4.16. The molecule has 5 heteroatoms. The van der Waals surface area contributed by atoms with E-state index in [1.807, 2.05) is 57.2 Å². The smallest absolute Gasteiger partial charge is 0.265 e. The SMILES string of the molecule is Cc1ccc(Oc2cc(OC(C)C)c3[nH]c(C(N)=O)cc3c2)cc1. The number of aryl methyl sites for hydroxylation is 1. The van der Waals surface area contributed by atoms with Crippen LogP contribution in [0.4, 0.5) is 0 Å². The van der Waals surface area contributed by atoms with Crippen LogP contribution >= 0.6 is 0 Å². The molecule has 0 aliphatic carbocycles. The number of aromatic nitrogens is 1. The first kappa shape index (κ1) is 15.9. The van der Waals surface area contributed by atoms with E-state index in [1.54, 1.807) is 6.07 Å². The number of rotatable bonds is 5. The normalized spacial score (nSPS) is 11.0. The number of hydrogen-bond acceptors (Lipinski definition) is 3. The number of nitrogens with one attached hydrogen (secondary N) is 1. The first-order valence-corrected chi connectivity index (χ1v) is 7.80. The average Bonchev–Trinajstić information content (AvgIpc) is 2.94. The highest BCUT2D eigenvalue weighted by Gasteiger charge is 2.14. The molecule has 0 saturated carbocycles. The molecule has 1 heterocycles. The Morgan fingerprint density at radius 3 is 2.42 bits per heavy atom. The monoisotopic (exact) mass is 324 g/mol. The molecule has 24 heavy (non-hydrogen) atoms. The zero-order valence-corrected chi connectivity index (χ0v) is 13.9. The molecule has 2 aromatic carbocycles. The van der Waals surface area contributed by atoms with Gasteiger partial charge in [0.2, 0.25) is 0 Å². The van der Waals surface area contributed by atoms with Gasteiger partial charge in [0.15, 0.2) is 0 Å². The van der Waals surface area contributed by atoms with E-state index >= 15 is 0 Å². The maximum absolute atomic E-state index is 11.4. The van der Waals surface area contributed by atoms with Gasteiger partial charge in [0.1, 0.15) is 22.9 Å². The van der Waals surface area contributed by atoms with Crippen LogP contribution in [0.2, 0.25) is 0 Å². The van der Waals surface area contributed by atoms with Gasteiger partial charge in [-0.3, -0.25) is 4.79 Å². The van der Waals surface area contributed by atoms with Crippen molar-refractivity contribution in [2.45, 2.75) is 26.9 Å². The van der Waals surface area contributed by atoms with Crippen LogP contribution in [0.1, 0.15) is 29.9 Å². The highest BCUT2D eigenvalue weighted by atomic mass is 16.5. The summed E-state index contributed by atoms with van der Waals surface area (Å²) in [6.07, 6.45) is -0.0110. The predicted octanol–water partition coefficient (Wildman–Crippen LogP) is 4.15. The van der Waals surface area contributed by atoms with E-state index in [4.69, 9.17) is 15.2 Å². The minimum absolute atomic E-state index is 0.0110. The summed E-state index contributed by atoms with van der Waals surface area (Å²) < 4.78 is 11.8. The number of carbonyl (C=O) groups excluding carboxylic acids is 1. The van der Waals surface area contributed by atoms with Crippen LogP contribution < -0.4 is 15.2 Å². The number of nitrogens with two attached hydrogens (primary N) is 1. The molecule has 0 radical (unpaired) electrons. The molecule has 0 unspecified atom stereocenters. The van der Waals surface area contributed by atoms with E-state index in [9.17, 15) is 4.79 Å². The number of ether oxygens (including phenoxy) is 2. The third-order valence-corrected chi connectivity index (χ3v) is 3.55. The van der Waals surface area contributed by atoms with Gasteiger partial charge in [-0.05, 0) is 45.0 Å². The third kappa shape index (κ3) is 3.35. The fourth-order valence-electron chi connectivity index (χ4n) is 2.47. The van der Waals surface area contributed by atoms with Gasteiger partial charge in [-0.2, -0.15) is 0 Å². The number of fused-ring (bicyclic) bond motifs is 1. The summed E-state index contributed by atoms with van der Waals surface area (Å²) in [6, 6.07) is 13.2. The Bertz CT molecular complexity index is 880. The molecule has 5 nitrogen and oxygen atoms in total. The molecule has 0 aliphatic heterocycles. The maximum Gasteiger partial charge on any atom is 0.265 e. The Labute approximate surface area is 140 Å². The molecule has 124 valence electrons. The summed E-state index contributed by atoms with van der Waals surface area (Å²) in [5.41, 5.74) is 7.60. The topological polar surface area (TPSA) is 77.3 Å². The lowest BCUT2D eigenvalue weighted by Crippen LogP contribution is -2.11. The molecule has 3 aromatic rings. The van der Waals surface area contributed by atoms with Gasteiger partial charge in [-0.25, -0.2) is 0 Å². The highest BCUT2D eigenvalue weighted by molar-refractivity contribution is 5.99. The highest BCUT2D eigenvalue weighted by Crippen LogP contribution is 2.34. The van der Waals surface area contributed by atoms with Gasteiger partial charge in [0.05, 0.1) is 11.6 Å². The lowest BCUT2D eigenvalue weighted by molar-refractivity contribution is 0.0996.